The second-order valence-corrected chi connectivity index (χ2v) is 5.81. The van der Waals surface area contributed by atoms with Crippen molar-refractivity contribution in [1.82, 2.24) is 20.8 Å². The van der Waals surface area contributed by atoms with Crippen molar-refractivity contribution in [2.24, 2.45) is 0 Å². The fraction of sp³-hybridized carbons (Fsp3) is 0.412. The minimum Gasteiger partial charge on any atom is -0.493 e. The van der Waals surface area contributed by atoms with Crippen molar-refractivity contribution < 1.29 is 23.6 Å². The van der Waals surface area contributed by atoms with E-state index in [1.54, 1.807) is 18.2 Å². The zero-order valence-corrected chi connectivity index (χ0v) is 14.6. The highest BCUT2D eigenvalue weighted by atomic mass is 16.5. The molecular formula is C17H20N4O5. The molecule has 1 aliphatic rings. The topological polar surface area (TPSA) is 116 Å². The summed E-state index contributed by atoms with van der Waals surface area (Å²) in [5.41, 5.74) is 0.431. The lowest BCUT2D eigenvalue weighted by Gasteiger charge is -2.10. The molecule has 0 aliphatic heterocycles. The zero-order valence-electron chi connectivity index (χ0n) is 14.6. The maximum atomic E-state index is 12.2. The smallest absolute Gasteiger partial charge is 0.315 e. The molecule has 2 amide bonds. The first-order chi connectivity index (χ1) is 12.6. The van der Waals surface area contributed by atoms with Crippen LogP contribution in [0, 0.1) is 0 Å². The Balaban J connectivity index is 1.45. The van der Waals surface area contributed by atoms with Gasteiger partial charge in [0.05, 0.1) is 14.2 Å². The average Bonchev–Trinajstić information content (AvgIpc) is 3.40. The van der Waals surface area contributed by atoms with Crippen molar-refractivity contribution in [3.63, 3.8) is 0 Å². The summed E-state index contributed by atoms with van der Waals surface area (Å²) in [7, 11) is 3.03. The Morgan fingerprint density at radius 1 is 1.12 bits per heavy atom. The number of amides is 2. The van der Waals surface area contributed by atoms with E-state index in [2.05, 4.69) is 20.8 Å². The van der Waals surface area contributed by atoms with Crippen molar-refractivity contribution in [1.29, 1.82) is 0 Å². The Hall–Kier alpha value is -3.10. The molecule has 0 spiro atoms. The fourth-order valence-corrected chi connectivity index (χ4v) is 2.34. The van der Waals surface area contributed by atoms with Crippen LogP contribution in [0.2, 0.25) is 0 Å². The molecule has 26 heavy (non-hydrogen) atoms. The average molecular weight is 360 g/mol. The highest BCUT2D eigenvalue weighted by Crippen LogP contribution is 2.38. The largest absolute Gasteiger partial charge is 0.493 e. The van der Waals surface area contributed by atoms with Crippen molar-refractivity contribution in [3.05, 3.63) is 35.5 Å². The predicted octanol–water partition coefficient (Wildman–Crippen LogP) is 1.12. The molecule has 9 nitrogen and oxygen atoms in total. The van der Waals surface area contributed by atoms with Crippen LogP contribution >= 0.6 is 0 Å². The summed E-state index contributed by atoms with van der Waals surface area (Å²) in [6.45, 7) is 0.488. The standard InChI is InChI=1S/C17H20N4O5/c1-24-12-6-5-11(9-13(12)25-2)15(22)18-7-8-19-16(23)17-20-14(21-26-17)10-3-4-10/h5-6,9-10H,3-4,7-8H2,1-2H3,(H,18,22)(H,19,23). The Labute approximate surface area is 150 Å². The molecule has 1 aromatic carbocycles. The van der Waals surface area contributed by atoms with Crippen LogP contribution in [0.25, 0.3) is 0 Å². The van der Waals surface area contributed by atoms with Gasteiger partial charge in [-0.2, -0.15) is 4.98 Å². The van der Waals surface area contributed by atoms with Crippen LogP contribution in [0.3, 0.4) is 0 Å². The van der Waals surface area contributed by atoms with Gasteiger partial charge >= 0.3 is 11.8 Å². The molecule has 3 rings (SSSR count). The van der Waals surface area contributed by atoms with Crippen LogP contribution in [-0.4, -0.2) is 49.3 Å². The summed E-state index contributed by atoms with van der Waals surface area (Å²) in [4.78, 5) is 28.1. The van der Waals surface area contributed by atoms with Crippen molar-refractivity contribution >= 4 is 11.8 Å². The summed E-state index contributed by atoms with van der Waals surface area (Å²) in [5.74, 6) is 1.12. The molecule has 1 aromatic heterocycles. The molecule has 1 heterocycles. The van der Waals surface area contributed by atoms with Gasteiger partial charge in [-0.25, -0.2) is 0 Å². The van der Waals surface area contributed by atoms with E-state index in [-0.39, 0.29) is 24.9 Å². The fourth-order valence-electron chi connectivity index (χ4n) is 2.34. The Kier molecular flexibility index (Phi) is 5.35. The van der Waals surface area contributed by atoms with E-state index in [0.717, 1.165) is 12.8 Å². The lowest BCUT2D eigenvalue weighted by molar-refractivity contribution is 0.0898. The second kappa shape index (κ2) is 7.85. The van der Waals surface area contributed by atoms with E-state index < -0.39 is 5.91 Å². The van der Waals surface area contributed by atoms with Gasteiger partial charge in [0, 0.05) is 24.6 Å². The zero-order chi connectivity index (χ0) is 18.5. The van der Waals surface area contributed by atoms with Gasteiger partial charge in [0.2, 0.25) is 0 Å². The van der Waals surface area contributed by atoms with Gasteiger partial charge in [0.15, 0.2) is 17.3 Å². The quantitative estimate of drug-likeness (QED) is 0.678. The highest BCUT2D eigenvalue weighted by Gasteiger charge is 2.29. The number of hydrogen-bond donors (Lipinski definition) is 2. The SMILES string of the molecule is COc1ccc(C(=O)NCCNC(=O)c2nc(C3CC3)no2)cc1OC. The maximum Gasteiger partial charge on any atom is 0.315 e. The highest BCUT2D eigenvalue weighted by molar-refractivity contribution is 5.95. The number of methoxy groups -OCH3 is 2. The molecule has 0 atom stereocenters. The minimum atomic E-state index is -0.454. The van der Waals surface area contributed by atoms with Crippen molar-refractivity contribution in [2.45, 2.75) is 18.8 Å². The van der Waals surface area contributed by atoms with Crippen LogP contribution in [0.15, 0.2) is 22.7 Å². The van der Waals surface area contributed by atoms with E-state index in [1.165, 1.54) is 14.2 Å². The first-order valence-electron chi connectivity index (χ1n) is 8.24. The number of ether oxygens (including phenoxy) is 2. The Morgan fingerprint density at radius 3 is 2.46 bits per heavy atom. The molecule has 2 aromatic rings. The number of nitrogens with zero attached hydrogens (tertiary/aromatic N) is 2. The molecule has 1 fully saturated rings. The molecule has 9 heteroatoms. The third-order valence-electron chi connectivity index (χ3n) is 3.92. The second-order valence-electron chi connectivity index (χ2n) is 5.81. The first kappa shape index (κ1) is 17.7. The molecule has 0 saturated heterocycles. The third kappa shape index (κ3) is 4.11. The summed E-state index contributed by atoms with van der Waals surface area (Å²) < 4.78 is 15.2. The van der Waals surface area contributed by atoms with Gasteiger partial charge in [-0.15, -0.1) is 0 Å². The van der Waals surface area contributed by atoms with Gasteiger partial charge in [-0.1, -0.05) is 5.16 Å². The van der Waals surface area contributed by atoms with Gasteiger partial charge in [-0.3, -0.25) is 9.59 Å². The number of rotatable bonds is 8. The summed E-state index contributed by atoms with van der Waals surface area (Å²) in [5, 5.41) is 9.12. The molecule has 2 N–H and O–H groups in total. The molecule has 1 saturated carbocycles. The van der Waals surface area contributed by atoms with Crippen molar-refractivity contribution in [3.8, 4) is 11.5 Å². The number of hydrogen-bond acceptors (Lipinski definition) is 7. The number of nitrogens with one attached hydrogen (secondary N) is 2. The van der Waals surface area contributed by atoms with Gasteiger partial charge in [0.1, 0.15) is 0 Å². The van der Waals surface area contributed by atoms with Crippen LogP contribution in [0.1, 0.15) is 45.6 Å². The minimum absolute atomic E-state index is 0.0573. The number of carbonyl (C=O) groups is 2. The van der Waals surface area contributed by atoms with Crippen LogP contribution in [-0.2, 0) is 0 Å². The molecular weight excluding hydrogens is 340 g/mol. The Morgan fingerprint density at radius 2 is 1.81 bits per heavy atom. The van der Waals surface area contributed by atoms with E-state index in [0.29, 0.717) is 28.8 Å². The van der Waals surface area contributed by atoms with Gasteiger partial charge in [-0.05, 0) is 31.0 Å². The third-order valence-corrected chi connectivity index (χ3v) is 3.92. The summed E-state index contributed by atoms with van der Waals surface area (Å²) >= 11 is 0. The van der Waals surface area contributed by atoms with E-state index >= 15 is 0 Å². The maximum absolute atomic E-state index is 12.2. The predicted molar refractivity (Wildman–Crippen MR) is 90.5 cm³/mol. The van der Waals surface area contributed by atoms with Crippen LogP contribution in [0.5, 0.6) is 11.5 Å². The molecule has 0 radical (unpaired) electrons. The van der Waals surface area contributed by atoms with E-state index in [9.17, 15) is 9.59 Å². The summed E-state index contributed by atoms with van der Waals surface area (Å²) in [6.07, 6.45) is 2.06. The molecule has 0 unspecified atom stereocenters. The molecule has 0 bridgehead atoms. The first-order valence-corrected chi connectivity index (χ1v) is 8.24. The lowest BCUT2D eigenvalue weighted by atomic mass is 10.2. The summed E-state index contributed by atoms with van der Waals surface area (Å²) in [6, 6.07) is 4.88. The van der Waals surface area contributed by atoms with Gasteiger partial charge in [0.25, 0.3) is 5.91 Å². The number of benzene rings is 1. The van der Waals surface area contributed by atoms with E-state index in [4.69, 9.17) is 14.0 Å². The van der Waals surface area contributed by atoms with Crippen molar-refractivity contribution in [2.75, 3.05) is 27.3 Å². The lowest BCUT2D eigenvalue weighted by Crippen LogP contribution is -2.34. The number of carbonyl (C=O) groups excluding carboxylic acids is 2. The van der Waals surface area contributed by atoms with E-state index in [1.807, 2.05) is 0 Å². The number of aromatic nitrogens is 2. The monoisotopic (exact) mass is 360 g/mol. The molecule has 1 aliphatic carbocycles. The molecule has 138 valence electrons. The Bertz CT molecular complexity index is 800. The normalized spacial score (nSPS) is 13.2. The van der Waals surface area contributed by atoms with Gasteiger partial charge < -0.3 is 24.6 Å². The van der Waals surface area contributed by atoms with Crippen LogP contribution < -0.4 is 20.1 Å². The van der Waals surface area contributed by atoms with Crippen LogP contribution in [0.4, 0.5) is 0 Å².